The van der Waals surface area contributed by atoms with Crippen LogP contribution in [0.5, 0.6) is 0 Å². The van der Waals surface area contributed by atoms with Gasteiger partial charge in [-0.3, -0.25) is 4.79 Å². The largest absolute Gasteiger partial charge is 0.409 e. The molecule has 2 aromatic rings. The van der Waals surface area contributed by atoms with Crippen molar-refractivity contribution in [3.05, 3.63) is 46.0 Å². The number of rotatable bonds is 3. The number of aromatic nitrogens is 3. The van der Waals surface area contributed by atoms with Gasteiger partial charge in [0.1, 0.15) is 5.03 Å². The van der Waals surface area contributed by atoms with Crippen molar-refractivity contribution in [1.82, 2.24) is 15.0 Å². The highest BCUT2D eigenvalue weighted by molar-refractivity contribution is 7.99. The minimum absolute atomic E-state index is 0.00821. The van der Waals surface area contributed by atoms with Crippen LogP contribution in [-0.2, 0) is 0 Å². The highest BCUT2D eigenvalue weighted by Crippen LogP contribution is 2.21. The van der Waals surface area contributed by atoms with Gasteiger partial charge in [0.2, 0.25) is 0 Å². The first-order valence-electron chi connectivity index (χ1n) is 5.28. The van der Waals surface area contributed by atoms with Crippen molar-refractivity contribution in [3.63, 3.8) is 0 Å². The summed E-state index contributed by atoms with van der Waals surface area (Å²) in [5.41, 5.74) is 6.37. The summed E-state index contributed by atoms with van der Waals surface area (Å²) in [7, 11) is 0. The zero-order valence-corrected chi connectivity index (χ0v) is 10.8. The number of nitrogens with zero attached hydrogens (tertiary/aromatic N) is 3. The molecule has 0 bridgehead atoms. The molecular formula is C11H11N5O2S. The van der Waals surface area contributed by atoms with E-state index in [-0.39, 0.29) is 11.4 Å². The number of H-pyrrole nitrogens is 1. The minimum Gasteiger partial charge on any atom is -0.409 e. The van der Waals surface area contributed by atoms with Crippen molar-refractivity contribution in [2.75, 3.05) is 0 Å². The molecule has 0 radical (unpaired) electrons. The van der Waals surface area contributed by atoms with E-state index in [9.17, 15) is 4.79 Å². The predicted molar refractivity (Wildman–Crippen MR) is 70.5 cm³/mol. The molecule has 7 nitrogen and oxygen atoms in total. The summed E-state index contributed by atoms with van der Waals surface area (Å²) >= 11 is 1.22. The molecule has 0 aliphatic carbocycles. The summed E-state index contributed by atoms with van der Waals surface area (Å²) in [5, 5.41) is 12.5. The van der Waals surface area contributed by atoms with Crippen LogP contribution in [0.3, 0.4) is 0 Å². The second-order valence-electron chi connectivity index (χ2n) is 3.66. The van der Waals surface area contributed by atoms with Gasteiger partial charge in [-0.25, -0.2) is 9.97 Å². The third kappa shape index (κ3) is 3.32. The van der Waals surface area contributed by atoms with Gasteiger partial charge < -0.3 is 15.9 Å². The number of pyridine rings is 1. The summed E-state index contributed by atoms with van der Waals surface area (Å²) in [5.74, 6) is -0.00821. The molecule has 0 spiro atoms. The summed E-state index contributed by atoms with van der Waals surface area (Å²) in [6.07, 6.45) is 1.48. The Labute approximate surface area is 112 Å². The van der Waals surface area contributed by atoms with Gasteiger partial charge in [-0.05, 0) is 30.8 Å². The van der Waals surface area contributed by atoms with E-state index < -0.39 is 0 Å². The summed E-state index contributed by atoms with van der Waals surface area (Å²) in [4.78, 5) is 22.2. The standard InChI is InChI=1S/C11H11N5O2S/c1-6-4-8(17)15-11(14-6)19-9-3-2-7(5-13-9)10(12)16-18/h2-5,18H,1H3,(H2,12,16)(H,14,15,17). The maximum Gasteiger partial charge on any atom is 0.251 e. The molecule has 0 aromatic carbocycles. The number of nitrogens with two attached hydrogens (primary N) is 1. The Morgan fingerprint density at radius 2 is 2.32 bits per heavy atom. The van der Waals surface area contributed by atoms with Gasteiger partial charge in [0.05, 0.1) is 0 Å². The second kappa shape index (κ2) is 5.53. The van der Waals surface area contributed by atoms with Gasteiger partial charge in [0.15, 0.2) is 11.0 Å². The average molecular weight is 277 g/mol. The average Bonchev–Trinajstić information content (AvgIpc) is 2.37. The molecule has 4 N–H and O–H groups in total. The second-order valence-corrected chi connectivity index (χ2v) is 4.67. The topological polar surface area (TPSA) is 117 Å². The molecular weight excluding hydrogens is 266 g/mol. The Morgan fingerprint density at radius 1 is 1.53 bits per heavy atom. The molecule has 19 heavy (non-hydrogen) atoms. The molecule has 0 amide bonds. The van der Waals surface area contributed by atoms with E-state index in [2.05, 4.69) is 20.1 Å². The molecule has 0 aliphatic rings. The van der Waals surface area contributed by atoms with Gasteiger partial charge in [0.25, 0.3) is 5.56 Å². The maximum atomic E-state index is 11.3. The van der Waals surface area contributed by atoms with E-state index in [4.69, 9.17) is 10.9 Å². The van der Waals surface area contributed by atoms with Crippen molar-refractivity contribution in [2.45, 2.75) is 17.1 Å². The molecule has 2 aromatic heterocycles. The van der Waals surface area contributed by atoms with Gasteiger partial charge in [0, 0.05) is 23.5 Å². The molecule has 8 heteroatoms. The minimum atomic E-state index is -0.205. The van der Waals surface area contributed by atoms with Crippen molar-refractivity contribution < 1.29 is 5.21 Å². The monoisotopic (exact) mass is 277 g/mol. The normalized spacial score (nSPS) is 11.5. The molecule has 2 rings (SSSR count). The van der Waals surface area contributed by atoms with Crippen molar-refractivity contribution in [1.29, 1.82) is 0 Å². The first-order chi connectivity index (χ1) is 9.08. The van der Waals surface area contributed by atoms with Gasteiger partial charge in [-0.2, -0.15) is 0 Å². The van der Waals surface area contributed by atoms with E-state index in [0.717, 1.165) is 0 Å². The fourth-order valence-electron chi connectivity index (χ4n) is 1.35. The van der Waals surface area contributed by atoms with Crippen LogP contribution in [0.15, 0.2) is 44.5 Å². The molecule has 98 valence electrons. The maximum absolute atomic E-state index is 11.3. The van der Waals surface area contributed by atoms with E-state index in [0.29, 0.717) is 21.4 Å². The number of hydrogen-bond acceptors (Lipinski definition) is 6. The third-order valence-corrected chi connectivity index (χ3v) is 3.03. The van der Waals surface area contributed by atoms with Crippen molar-refractivity contribution >= 4 is 17.6 Å². The fourth-order valence-corrected chi connectivity index (χ4v) is 2.13. The predicted octanol–water partition coefficient (Wildman–Crippen LogP) is 0.719. The zero-order chi connectivity index (χ0) is 13.8. The van der Waals surface area contributed by atoms with E-state index >= 15 is 0 Å². The molecule has 0 aliphatic heterocycles. The lowest BCUT2D eigenvalue weighted by Gasteiger charge is -2.02. The van der Waals surface area contributed by atoms with Crippen LogP contribution >= 0.6 is 11.8 Å². The Bertz CT molecular complexity index is 666. The Balaban J connectivity index is 2.22. The molecule has 0 saturated carbocycles. The number of amidine groups is 1. The van der Waals surface area contributed by atoms with Gasteiger partial charge >= 0.3 is 0 Å². The van der Waals surface area contributed by atoms with Crippen LogP contribution in [0.25, 0.3) is 0 Å². The Hall–Kier alpha value is -2.35. The number of oxime groups is 1. The highest BCUT2D eigenvalue weighted by Gasteiger charge is 2.04. The zero-order valence-electron chi connectivity index (χ0n) is 9.99. The Morgan fingerprint density at radius 3 is 2.89 bits per heavy atom. The Kier molecular flexibility index (Phi) is 3.81. The SMILES string of the molecule is Cc1cc(=O)[nH]c(Sc2ccc(/C(N)=N/O)cn2)n1. The van der Waals surface area contributed by atoms with Crippen LogP contribution in [-0.4, -0.2) is 26.0 Å². The molecule has 0 fully saturated rings. The van der Waals surface area contributed by atoms with Crippen LogP contribution in [0.1, 0.15) is 11.3 Å². The first kappa shape index (κ1) is 13.1. The number of nitrogens with one attached hydrogen (secondary N) is 1. The first-order valence-corrected chi connectivity index (χ1v) is 6.10. The number of aryl methyl sites for hydroxylation is 1. The van der Waals surface area contributed by atoms with Crippen LogP contribution in [0.4, 0.5) is 0 Å². The van der Waals surface area contributed by atoms with Crippen LogP contribution in [0.2, 0.25) is 0 Å². The van der Waals surface area contributed by atoms with E-state index in [1.165, 1.54) is 24.0 Å². The molecule has 0 unspecified atom stereocenters. The summed E-state index contributed by atoms with van der Waals surface area (Å²) in [6.45, 7) is 1.74. The fraction of sp³-hybridized carbons (Fsp3) is 0.0909. The summed E-state index contributed by atoms with van der Waals surface area (Å²) in [6, 6.07) is 4.78. The van der Waals surface area contributed by atoms with E-state index in [1.54, 1.807) is 19.1 Å². The highest BCUT2D eigenvalue weighted by atomic mass is 32.2. The van der Waals surface area contributed by atoms with Crippen molar-refractivity contribution in [2.24, 2.45) is 10.9 Å². The number of aromatic amines is 1. The molecule has 2 heterocycles. The quantitative estimate of drug-likeness (QED) is 0.250. The van der Waals surface area contributed by atoms with Crippen LogP contribution in [0, 0.1) is 6.92 Å². The van der Waals surface area contributed by atoms with Crippen molar-refractivity contribution in [3.8, 4) is 0 Å². The lowest BCUT2D eigenvalue weighted by atomic mass is 10.3. The molecule has 0 atom stereocenters. The third-order valence-electron chi connectivity index (χ3n) is 2.19. The lowest BCUT2D eigenvalue weighted by Crippen LogP contribution is -2.13. The van der Waals surface area contributed by atoms with Crippen LogP contribution < -0.4 is 11.3 Å². The summed E-state index contributed by atoms with van der Waals surface area (Å²) < 4.78 is 0. The van der Waals surface area contributed by atoms with E-state index in [1.807, 2.05) is 0 Å². The number of hydrogen-bond donors (Lipinski definition) is 3. The van der Waals surface area contributed by atoms with Gasteiger partial charge in [-0.15, -0.1) is 0 Å². The lowest BCUT2D eigenvalue weighted by molar-refractivity contribution is 0.318. The molecule has 0 saturated heterocycles. The van der Waals surface area contributed by atoms with Gasteiger partial charge in [-0.1, -0.05) is 5.16 Å². The smallest absolute Gasteiger partial charge is 0.251 e.